The van der Waals surface area contributed by atoms with E-state index in [1.165, 1.54) is 16.6 Å². The number of aryl methyl sites for hydroxylation is 2. The van der Waals surface area contributed by atoms with E-state index in [2.05, 4.69) is 38.7 Å². The number of H-pyrrole nitrogens is 1. The molecular weight excluding hydrogens is 338 g/mol. The number of nitrogens with zero attached hydrogens (tertiary/aromatic N) is 3. The molecule has 6 nitrogen and oxygen atoms in total. The minimum absolute atomic E-state index is 0.0548. The normalized spacial score (nSPS) is 16.5. The number of benzene rings is 1. The summed E-state index contributed by atoms with van der Waals surface area (Å²) in [5.41, 5.74) is 4.48. The van der Waals surface area contributed by atoms with E-state index in [1.807, 2.05) is 34.9 Å². The average molecular weight is 359 g/mol. The second-order valence-electron chi connectivity index (χ2n) is 7.12. The molecule has 0 fully saturated rings. The Bertz CT molecular complexity index is 1130. The van der Waals surface area contributed by atoms with E-state index < -0.39 is 0 Å². The fourth-order valence-electron chi connectivity index (χ4n) is 4.11. The molecule has 0 saturated carbocycles. The van der Waals surface area contributed by atoms with Crippen LogP contribution in [0.3, 0.4) is 0 Å². The highest BCUT2D eigenvalue weighted by molar-refractivity contribution is 5.85. The highest BCUT2D eigenvalue weighted by Gasteiger charge is 2.25. The summed E-state index contributed by atoms with van der Waals surface area (Å²) in [4.78, 5) is 16.1. The Morgan fingerprint density at radius 1 is 1.19 bits per heavy atom. The molecule has 0 aliphatic heterocycles. The maximum Gasteiger partial charge on any atom is 0.220 e. The molecule has 3 aromatic heterocycles. The predicted molar refractivity (Wildman–Crippen MR) is 103 cm³/mol. The molecule has 1 atom stereocenters. The fourth-order valence-corrected chi connectivity index (χ4v) is 4.11. The van der Waals surface area contributed by atoms with Crippen molar-refractivity contribution in [1.29, 1.82) is 0 Å². The van der Waals surface area contributed by atoms with E-state index in [0.29, 0.717) is 12.8 Å². The SMILES string of the molecule is O=C(CCc1nnc2ccccn12)N[C@H]1CCCc2c1[nH]c1ccccc21. The molecule has 3 heterocycles. The number of fused-ring (bicyclic) bond motifs is 4. The first kappa shape index (κ1) is 16.1. The highest BCUT2D eigenvalue weighted by atomic mass is 16.1. The molecular formula is C21H21N5O. The molecule has 1 aliphatic rings. The predicted octanol–water partition coefficient (Wildman–Crippen LogP) is 3.34. The van der Waals surface area contributed by atoms with E-state index in [1.54, 1.807) is 0 Å². The lowest BCUT2D eigenvalue weighted by atomic mass is 9.91. The Balaban J connectivity index is 1.30. The van der Waals surface area contributed by atoms with Gasteiger partial charge in [0.25, 0.3) is 0 Å². The molecule has 2 N–H and O–H groups in total. The van der Waals surface area contributed by atoms with Gasteiger partial charge in [-0.25, -0.2) is 0 Å². The summed E-state index contributed by atoms with van der Waals surface area (Å²) in [7, 11) is 0. The maximum absolute atomic E-state index is 12.6. The van der Waals surface area contributed by atoms with E-state index in [0.717, 1.165) is 36.3 Å². The van der Waals surface area contributed by atoms with Gasteiger partial charge in [-0.3, -0.25) is 9.20 Å². The molecule has 1 aromatic carbocycles. The Hall–Kier alpha value is -3.15. The van der Waals surface area contributed by atoms with Crippen LogP contribution in [0.4, 0.5) is 0 Å². The van der Waals surface area contributed by atoms with Gasteiger partial charge in [-0.05, 0) is 43.0 Å². The quantitative estimate of drug-likeness (QED) is 0.587. The van der Waals surface area contributed by atoms with Gasteiger partial charge in [-0.2, -0.15) is 0 Å². The van der Waals surface area contributed by atoms with Gasteiger partial charge in [0.1, 0.15) is 5.82 Å². The van der Waals surface area contributed by atoms with Crippen LogP contribution < -0.4 is 5.32 Å². The monoisotopic (exact) mass is 359 g/mol. The minimum Gasteiger partial charge on any atom is -0.356 e. The van der Waals surface area contributed by atoms with Crippen molar-refractivity contribution in [2.45, 2.75) is 38.1 Å². The van der Waals surface area contributed by atoms with Crippen LogP contribution in [-0.4, -0.2) is 25.5 Å². The van der Waals surface area contributed by atoms with Gasteiger partial charge in [0.05, 0.1) is 6.04 Å². The zero-order valence-electron chi connectivity index (χ0n) is 15.0. The summed E-state index contributed by atoms with van der Waals surface area (Å²) in [5, 5.41) is 12.8. The topological polar surface area (TPSA) is 75.1 Å². The first-order chi connectivity index (χ1) is 13.3. The second-order valence-corrected chi connectivity index (χ2v) is 7.12. The van der Waals surface area contributed by atoms with Gasteiger partial charge < -0.3 is 10.3 Å². The molecule has 0 saturated heterocycles. The van der Waals surface area contributed by atoms with Crippen LogP contribution in [0.2, 0.25) is 0 Å². The number of carbonyl (C=O) groups excluding carboxylic acids is 1. The third kappa shape index (κ3) is 2.87. The summed E-state index contributed by atoms with van der Waals surface area (Å²) in [5.74, 6) is 0.870. The van der Waals surface area contributed by atoms with Crippen LogP contribution in [-0.2, 0) is 17.6 Å². The Morgan fingerprint density at radius 2 is 2.07 bits per heavy atom. The number of aromatic amines is 1. The number of pyridine rings is 1. The Kier molecular flexibility index (Phi) is 3.89. The van der Waals surface area contributed by atoms with Crippen LogP contribution in [0.5, 0.6) is 0 Å². The minimum atomic E-state index is 0.0548. The maximum atomic E-state index is 12.6. The molecule has 0 spiro atoms. The summed E-state index contributed by atoms with van der Waals surface area (Å²) in [6.07, 6.45) is 6.04. The molecule has 0 radical (unpaired) electrons. The van der Waals surface area contributed by atoms with E-state index in [9.17, 15) is 4.79 Å². The highest BCUT2D eigenvalue weighted by Crippen LogP contribution is 2.34. The number of aromatic nitrogens is 4. The van der Waals surface area contributed by atoms with Crippen LogP contribution in [0.25, 0.3) is 16.6 Å². The van der Waals surface area contributed by atoms with Gasteiger partial charge in [0, 0.05) is 35.6 Å². The lowest BCUT2D eigenvalue weighted by Gasteiger charge is -2.23. The smallest absolute Gasteiger partial charge is 0.220 e. The summed E-state index contributed by atoms with van der Waals surface area (Å²) < 4.78 is 1.93. The van der Waals surface area contributed by atoms with Gasteiger partial charge in [0.2, 0.25) is 5.91 Å². The molecule has 6 heteroatoms. The molecule has 0 bridgehead atoms. The molecule has 27 heavy (non-hydrogen) atoms. The number of rotatable bonds is 4. The molecule has 5 rings (SSSR count). The number of nitrogens with one attached hydrogen (secondary N) is 2. The number of para-hydroxylation sites is 1. The molecule has 4 aromatic rings. The number of hydrogen-bond acceptors (Lipinski definition) is 3. The van der Waals surface area contributed by atoms with Crippen molar-refractivity contribution in [1.82, 2.24) is 24.9 Å². The molecule has 1 aliphatic carbocycles. The van der Waals surface area contributed by atoms with Crippen LogP contribution in [0.15, 0.2) is 48.7 Å². The van der Waals surface area contributed by atoms with Crippen molar-refractivity contribution >= 4 is 22.5 Å². The Labute approximate surface area is 156 Å². The number of hydrogen-bond donors (Lipinski definition) is 2. The molecule has 1 amide bonds. The summed E-state index contributed by atoms with van der Waals surface area (Å²) >= 11 is 0. The zero-order chi connectivity index (χ0) is 18.2. The van der Waals surface area contributed by atoms with Crippen LogP contribution in [0, 0.1) is 0 Å². The lowest BCUT2D eigenvalue weighted by molar-refractivity contribution is -0.122. The Morgan fingerprint density at radius 3 is 3.04 bits per heavy atom. The van der Waals surface area contributed by atoms with E-state index in [-0.39, 0.29) is 11.9 Å². The van der Waals surface area contributed by atoms with E-state index in [4.69, 9.17) is 0 Å². The summed E-state index contributed by atoms with van der Waals surface area (Å²) in [6, 6.07) is 14.2. The van der Waals surface area contributed by atoms with Crippen molar-refractivity contribution in [3.8, 4) is 0 Å². The van der Waals surface area contributed by atoms with Crippen molar-refractivity contribution in [2.24, 2.45) is 0 Å². The number of carbonyl (C=O) groups is 1. The van der Waals surface area contributed by atoms with Gasteiger partial charge in [-0.15, -0.1) is 10.2 Å². The second kappa shape index (κ2) is 6.54. The van der Waals surface area contributed by atoms with Gasteiger partial charge >= 0.3 is 0 Å². The van der Waals surface area contributed by atoms with Crippen LogP contribution >= 0.6 is 0 Å². The first-order valence-corrected chi connectivity index (χ1v) is 9.47. The lowest BCUT2D eigenvalue weighted by Crippen LogP contribution is -2.31. The fraction of sp³-hybridized carbons (Fsp3) is 0.286. The van der Waals surface area contributed by atoms with Crippen molar-refractivity contribution in [3.05, 3.63) is 65.7 Å². The van der Waals surface area contributed by atoms with Crippen molar-refractivity contribution in [3.63, 3.8) is 0 Å². The van der Waals surface area contributed by atoms with Crippen molar-refractivity contribution < 1.29 is 4.79 Å². The van der Waals surface area contributed by atoms with E-state index >= 15 is 0 Å². The summed E-state index contributed by atoms with van der Waals surface area (Å²) in [6.45, 7) is 0. The van der Waals surface area contributed by atoms with Gasteiger partial charge in [0.15, 0.2) is 5.65 Å². The standard InChI is InChI=1S/C21H21N5O/c27-20(12-11-19-25-24-18-10-3-4-13-26(18)19)22-17-9-5-7-15-14-6-1-2-8-16(14)23-21(15)17/h1-4,6,8,10,13,17,23H,5,7,9,11-12H2,(H,22,27)/t17-/m0/s1. The van der Waals surface area contributed by atoms with Crippen molar-refractivity contribution in [2.75, 3.05) is 0 Å². The molecule has 0 unspecified atom stereocenters. The number of amides is 1. The zero-order valence-corrected chi connectivity index (χ0v) is 15.0. The largest absolute Gasteiger partial charge is 0.356 e. The van der Waals surface area contributed by atoms with Crippen LogP contribution in [0.1, 0.15) is 42.4 Å². The average Bonchev–Trinajstić information content (AvgIpc) is 3.28. The first-order valence-electron chi connectivity index (χ1n) is 9.47. The third-order valence-electron chi connectivity index (χ3n) is 5.41. The van der Waals surface area contributed by atoms with Gasteiger partial charge in [-0.1, -0.05) is 24.3 Å². The third-order valence-corrected chi connectivity index (χ3v) is 5.41. The molecule has 136 valence electrons.